The van der Waals surface area contributed by atoms with Gasteiger partial charge in [-0.2, -0.15) is 0 Å². The van der Waals surface area contributed by atoms with Crippen LogP contribution in [0.4, 0.5) is 0 Å². The summed E-state index contributed by atoms with van der Waals surface area (Å²) in [5, 5.41) is 2.51. The number of ether oxygens (including phenoxy) is 1. The third-order valence-corrected chi connectivity index (χ3v) is 1.80. The van der Waals surface area contributed by atoms with Gasteiger partial charge in [-0.3, -0.25) is 4.79 Å². The van der Waals surface area contributed by atoms with Crippen LogP contribution in [-0.4, -0.2) is 20.1 Å². The molecule has 0 aliphatic rings. The molecule has 1 aromatic rings. The van der Waals surface area contributed by atoms with Crippen LogP contribution in [-0.2, 0) is 4.79 Å². The second-order valence-electron chi connectivity index (χ2n) is 2.69. The highest BCUT2D eigenvalue weighted by atomic mass is 16.5. The molecule has 0 heterocycles. The van der Waals surface area contributed by atoms with Crippen LogP contribution in [0.15, 0.2) is 30.3 Å². The lowest BCUT2D eigenvalue weighted by atomic mass is 10.2. The van der Waals surface area contributed by atoms with Crippen molar-refractivity contribution < 1.29 is 9.53 Å². The van der Waals surface area contributed by atoms with Gasteiger partial charge in [-0.1, -0.05) is 18.2 Å². The molecule has 1 amide bonds. The molecule has 0 aliphatic heterocycles. The second kappa shape index (κ2) is 5.07. The van der Waals surface area contributed by atoms with Gasteiger partial charge in [0, 0.05) is 18.7 Å². The Balaban J connectivity index is 2.85. The number of carbonyl (C=O) groups is 1. The number of amides is 1. The quantitative estimate of drug-likeness (QED) is 0.734. The average Bonchev–Trinajstić information content (AvgIpc) is 2.26. The smallest absolute Gasteiger partial charge is 0.243 e. The van der Waals surface area contributed by atoms with E-state index in [1.807, 2.05) is 24.3 Å². The molecule has 0 aromatic heterocycles. The number of hydrogen-bond acceptors (Lipinski definition) is 2. The second-order valence-corrected chi connectivity index (χ2v) is 2.69. The predicted molar refractivity (Wildman–Crippen MR) is 56.1 cm³/mol. The molecule has 0 spiro atoms. The van der Waals surface area contributed by atoms with E-state index in [1.54, 1.807) is 20.2 Å². The summed E-state index contributed by atoms with van der Waals surface area (Å²) >= 11 is 0. The summed E-state index contributed by atoms with van der Waals surface area (Å²) in [5.41, 5.74) is 0.888. The van der Waals surface area contributed by atoms with E-state index in [1.165, 1.54) is 6.08 Å². The van der Waals surface area contributed by atoms with Gasteiger partial charge in [0.25, 0.3) is 0 Å². The molecule has 3 heteroatoms. The molecule has 74 valence electrons. The Morgan fingerprint density at radius 1 is 1.43 bits per heavy atom. The van der Waals surface area contributed by atoms with Crippen LogP contribution in [0.25, 0.3) is 6.08 Å². The van der Waals surface area contributed by atoms with Crippen LogP contribution in [0.2, 0.25) is 0 Å². The van der Waals surface area contributed by atoms with E-state index in [0.717, 1.165) is 11.3 Å². The zero-order valence-electron chi connectivity index (χ0n) is 8.28. The summed E-state index contributed by atoms with van der Waals surface area (Å²) in [6.45, 7) is 0. The minimum atomic E-state index is -0.129. The third-order valence-electron chi connectivity index (χ3n) is 1.80. The van der Waals surface area contributed by atoms with Gasteiger partial charge in [0.05, 0.1) is 7.11 Å². The van der Waals surface area contributed by atoms with Crippen molar-refractivity contribution in [2.75, 3.05) is 14.2 Å². The summed E-state index contributed by atoms with van der Waals surface area (Å²) < 4.78 is 5.13. The monoisotopic (exact) mass is 191 g/mol. The molecular formula is C11H13NO2. The Labute approximate surface area is 83.4 Å². The first kappa shape index (κ1) is 10.3. The lowest BCUT2D eigenvalue weighted by Crippen LogP contribution is -2.13. The highest BCUT2D eigenvalue weighted by Gasteiger charge is 1.97. The molecule has 3 nitrogen and oxygen atoms in total. The number of nitrogens with one attached hydrogen (secondary N) is 1. The number of benzene rings is 1. The zero-order chi connectivity index (χ0) is 10.4. The van der Waals surface area contributed by atoms with Gasteiger partial charge in [-0.25, -0.2) is 0 Å². The molecule has 0 aliphatic carbocycles. The lowest BCUT2D eigenvalue weighted by Gasteiger charge is -2.02. The lowest BCUT2D eigenvalue weighted by molar-refractivity contribution is -0.115. The van der Waals surface area contributed by atoms with Crippen molar-refractivity contribution in [1.29, 1.82) is 0 Å². The van der Waals surface area contributed by atoms with Gasteiger partial charge < -0.3 is 10.1 Å². The minimum absolute atomic E-state index is 0.129. The predicted octanol–water partition coefficient (Wildman–Crippen LogP) is 1.45. The van der Waals surface area contributed by atoms with Crippen LogP contribution in [0, 0.1) is 0 Å². The Morgan fingerprint density at radius 2 is 2.14 bits per heavy atom. The van der Waals surface area contributed by atoms with Gasteiger partial charge in [0.15, 0.2) is 0 Å². The number of methoxy groups -OCH3 is 1. The van der Waals surface area contributed by atoms with Crippen LogP contribution in [0.1, 0.15) is 5.56 Å². The van der Waals surface area contributed by atoms with Crippen molar-refractivity contribution >= 4 is 12.0 Å². The molecule has 0 radical (unpaired) electrons. The number of hydrogen-bond donors (Lipinski definition) is 1. The molecular weight excluding hydrogens is 178 g/mol. The number of carbonyl (C=O) groups excluding carboxylic acids is 1. The summed E-state index contributed by atoms with van der Waals surface area (Å²) in [7, 11) is 3.20. The van der Waals surface area contributed by atoms with E-state index < -0.39 is 0 Å². The summed E-state index contributed by atoms with van der Waals surface area (Å²) in [6, 6.07) is 7.52. The van der Waals surface area contributed by atoms with E-state index >= 15 is 0 Å². The third kappa shape index (κ3) is 2.62. The molecule has 0 atom stereocenters. The topological polar surface area (TPSA) is 38.3 Å². The highest BCUT2D eigenvalue weighted by molar-refractivity contribution is 5.91. The van der Waals surface area contributed by atoms with Gasteiger partial charge in [-0.05, 0) is 12.1 Å². The minimum Gasteiger partial charge on any atom is -0.496 e. The normalized spacial score (nSPS) is 10.1. The molecule has 0 fully saturated rings. The number of para-hydroxylation sites is 1. The highest BCUT2D eigenvalue weighted by Crippen LogP contribution is 2.18. The molecule has 14 heavy (non-hydrogen) atoms. The Kier molecular flexibility index (Phi) is 3.73. The summed E-state index contributed by atoms with van der Waals surface area (Å²) in [6.07, 6.45) is 3.19. The Bertz CT molecular complexity index is 345. The SMILES string of the molecule is CNC(=O)/C=C/c1ccccc1OC. The standard InChI is InChI=1S/C11H13NO2/c1-12-11(13)8-7-9-5-3-4-6-10(9)14-2/h3-8H,1-2H3,(H,12,13)/b8-7+. The first-order valence-corrected chi connectivity index (χ1v) is 4.30. The number of likely N-dealkylation sites (N-methyl/N-ethyl adjacent to an activating group) is 1. The fraction of sp³-hybridized carbons (Fsp3) is 0.182. The molecule has 0 saturated carbocycles. The van der Waals surface area contributed by atoms with Crippen LogP contribution in [0.3, 0.4) is 0 Å². The Hall–Kier alpha value is -1.77. The first-order valence-electron chi connectivity index (χ1n) is 4.30. The number of rotatable bonds is 3. The van der Waals surface area contributed by atoms with Crippen molar-refractivity contribution in [3.8, 4) is 5.75 Å². The maximum Gasteiger partial charge on any atom is 0.243 e. The van der Waals surface area contributed by atoms with E-state index in [0.29, 0.717) is 0 Å². The molecule has 0 unspecified atom stereocenters. The van der Waals surface area contributed by atoms with Crippen molar-refractivity contribution in [3.63, 3.8) is 0 Å². The summed E-state index contributed by atoms with van der Waals surface area (Å²) in [4.78, 5) is 10.9. The summed E-state index contributed by atoms with van der Waals surface area (Å²) in [5.74, 6) is 0.628. The van der Waals surface area contributed by atoms with Gasteiger partial charge in [0.1, 0.15) is 5.75 Å². The van der Waals surface area contributed by atoms with E-state index in [4.69, 9.17) is 4.74 Å². The van der Waals surface area contributed by atoms with Gasteiger partial charge >= 0.3 is 0 Å². The average molecular weight is 191 g/mol. The van der Waals surface area contributed by atoms with E-state index in [9.17, 15) is 4.79 Å². The van der Waals surface area contributed by atoms with Crippen molar-refractivity contribution in [1.82, 2.24) is 5.32 Å². The maximum atomic E-state index is 10.9. The largest absolute Gasteiger partial charge is 0.496 e. The molecule has 1 N–H and O–H groups in total. The van der Waals surface area contributed by atoms with Crippen molar-refractivity contribution in [2.24, 2.45) is 0 Å². The van der Waals surface area contributed by atoms with Gasteiger partial charge in [0.2, 0.25) is 5.91 Å². The van der Waals surface area contributed by atoms with Crippen LogP contribution in [0.5, 0.6) is 5.75 Å². The molecule has 1 aromatic carbocycles. The molecule has 0 bridgehead atoms. The van der Waals surface area contributed by atoms with Gasteiger partial charge in [-0.15, -0.1) is 0 Å². The van der Waals surface area contributed by atoms with Crippen molar-refractivity contribution in [3.05, 3.63) is 35.9 Å². The Morgan fingerprint density at radius 3 is 2.79 bits per heavy atom. The van der Waals surface area contributed by atoms with E-state index in [-0.39, 0.29) is 5.91 Å². The van der Waals surface area contributed by atoms with E-state index in [2.05, 4.69) is 5.32 Å². The fourth-order valence-corrected chi connectivity index (χ4v) is 1.05. The first-order chi connectivity index (χ1) is 6.77. The zero-order valence-corrected chi connectivity index (χ0v) is 8.28. The maximum absolute atomic E-state index is 10.9. The van der Waals surface area contributed by atoms with Crippen LogP contribution < -0.4 is 10.1 Å². The van der Waals surface area contributed by atoms with Crippen LogP contribution >= 0.6 is 0 Å². The fourth-order valence-electron chi connectivity index (χ4n) is 1.05. The molecule has 1 rings (SSSR count). The molecule has 0 saturated heterocycles. The van der Waals surface area contributed by atoms with Crippen molar-refractivity contribution in [2.45, 2.75) is 0 Å².